The van der Waals surface area contributed by atoms with Crippen molar-refractivity contribution >= 4 is 33.8 Å². The van der Waals surface area contributed by atoms with Crippen molar-refractivity contribution in [1.82, 2.24) is 4.98 Å². The first-order valence-electron chi connectivity index (χ1n) is 7.24. The number of carbonyl (C=O) groups excluding carboxylic acids is 1. The fraction of sp³-hybridized carbons (Fsp3) is 0.111. The normalized spacial score (nSPS) is 10.5. The van der Waals surface area contributed by atoms with E-state index in [1.807, 2.05) is 62.4 Å². The Balaban J connectivity index is 1.86. The van der Waals surface area contributed by atoms with Crippen LogP contribution in [0.25, 0.3) is 0 Å². The summed E-state index contributed by atoms with van der Waals surface area (Å²) in [5.74, 6) is 0.160. The molecule has 1 heterocycles. The number of benzene rings is 2. The number of nitrogens with zero attached hydrogens (tertiary/aromatic N) is 1. The maximum Gasteiger partial charge on any atom is 0.206 e. The molecule has 0 amide bonds. The van der Waals surface area contributed by atoms with Gasteiger partial charge in [-0.05, 0) is 31.5 Å². The first-order valence-corrected chi connectivity index (χ1v) is 8.06. The highest BCUT2D eigenvalue weighted by Gasteiger charge is 2.18. The van der Waals surface area contributed by atoms with Gasteiger partial charge in [0, 0.05) is 11.3 Å². The van der Waals surface area contributed by atoms with Gasteiger partial charge in [0.15, 0.2) is 5.13 Å². The third-order valence-electron chi connectivity index (χ3n) is 3.44. The molecule has 0 spiro atoms. The van der Waals surface area contributed by atoms with Crippen LogP contribution in [0.15, 0.2) is 48.5 Å². The number of carbonyl (C=O) groups is 1. The lowest BCUT2D eigenvalue weighted by Crippen LogP contribution is -2.02. The quantitative estimate of drug-likeness (QED) is 0.702. The van der Waals surface area contributed by atoms with Gasteiger partial charge in [-0.2, -0.15) is 0 Å². The molecule has 0 saturated heterocycles. The average Bonchev–Trinajstić information content (AvgIpc) is 2.88. The molecule has 0 unspecified atom stereocenters. The minimum atomic E-state index is -0.0997. The van der Waals surface area contributed by atoms with Crippen molar-refractivity contribution in [3.8, 4) is 0 Å². The molecule has 0 fully saturated rings. The van der Waals surface area contributed by atoms with Crippen LogP contribution in [0.3, 0.4) is 0 Å². The summed E-state index contributed by atoms with van der Waals surface area (Å²) in [4.78, 5) is 17.3. The minimum absolute atomic E-state index is 0.0997. The van der Waals surface area contributed by atoms with Crippen molar-refractivity contribution in [2.24, 2.45) is 0 Å². The molecule has 23 heavy (non-hydrogen) atoms. The zero-order valence-electron chi connectivity index (χ0n) is 13.0. The molecule has 3 N–H and O–H groups in total. The van der Waals surface area contributed by atoms with Gasteiger partial charge < -0.3 is 11.1 Å². The monoisotopic (exact) mass is 323 g/mol. The maximum absolute atomic E-state index is 12.6. The molecule has 0 radical (unpaired) electrons. The molecular weight excluding hydrogens is 306 g/mol. The summed E-state index contributed by atoms with van der Waals surface area (Å²) in [5.41, 5.74) is 9.73. The Morgan fingerprint density at radius 2 is 1.83 bits per heavy atom. The van der Waals surface area contributed by atoms with E-state index in [9.17, 15) is 4.79 Å². The van der Waals surface area contributed by atoms with Gasteiger partial charge in [-0.3, -0.25) is 4.79 Å². The molecule has 3 rings (SSSR count). The van der Waals surface area contributed by atoms with E-state index in [-0.39, 0.29) is 11.6 Å². The summed E-state index contributed by atoms with van der Waals surface area (Å²) in [5, 5.41) is 3.81. The largest absolute Gasteiger partial charge is 0.382 e. The molecular formula is C18H17N3OS. The molecule has 5 heteroatoms. The van der Waals surface area contributed by atoms with E-state index < -0.39 is 0 Å². The van der Waals surface area contributed by atoms with Crippen molar-refractivity contribution in [1.29, 1.82) is 0 Å². The Hall–Kier alpha value is -2.66. The van der Waals surface area contributed by atoms with Crippen LogP contribution in [0.4, 0.5) is 16.6 Å². The first-order chi connectivity index (χ1) is 11.0. The molecule has 0 saturated carbocycles. The lowest BCUT2D eigenvalue weighted by atomic mass is 10.1. The lowest BCUT2D eigenvalue weighted by molar-refractivity contribution is 0.104. The maximum atomic E-state index is 12.6. The number of hydrogen-bond donors (Lipinski definition) is 2. The summed E-state index contributed by atoms with van der Waals surface area (Å²) in [6.45, 7) is 4.01. The molecule has 0 atom stereocenters. The van der Waals surface area contributed by atoms with E-state index in [0.29, 0.717) is 15.6 Å². The summed E-state index contributed by atoms with van der Waals surface area (Å²) < 4.78 is 0. The zero-order valence-corrected chi connectivity index (χ0v) is 13.8. The second-order valence-electron chi connectivity index (χ2n) is 5.42. The summed E-state index contributed by atoms with van der Waals surface area (Å²) >= 11 is 1.27. The van der Waals surface area contributed by atoms with Crippen LogP contribution >= 0.6 is 11.3 Å². The van der Waals surface area contributed by atoms with Crippen LogP contribution in [0.2, 0.25) is 0 Å². The number of anilines is 3. The Labute approximate surface area is 139 Å². The van der Waals surface area contributed by atoms with Gasteiger partial charge in [0.1, 0.15) is 10.7 Å². The molecule has 0 aliphatic carbocycles. The van der Waals surface area contributed by atoms with E-state index in [2.05, 4.69) is 10.3 Å². The molecule has 0 aliphatic heterocycles. The highest BCUT2D eigenvalue weighted by Crippen LogP contribution is 2.29. The zero-order chi connectivity index (χ0) is 16.4. The number of ketones is 1. The number of hydrogen-bond acceptors (Lipinski definition) is 5. The van der Waals surface area contributed by atoms with Gasteiger partial charge in [-0.1, -0.05) is 53.3 Å². The van der Waals surface area contributed by atoms with Crippen LogP contribution in [0.5, 0.6) is 0 Å². The summed E-state index contributed by atoms with van der Waals surface area (Å²) in [6, 6.07) is 15.4. The van der Waals surface area contributed by atoms with Gasteiger partial charge in [0.2, 0.25) is 5.78 Å². The van der Waals surface area contributed by atoms with E-state index in [0.717, 1.165) is 16.8 Å². The van der Waals surface area contributed by atoms with Crippen molar-refractivity contribution < 1.29 is 4.79 Å². The van der Waals surface area contributed by atoms with Crippen molar-refractivity contribution in [2.75, 3.05) is 11.1 Å². The van der Waals surface area contributed by atoms with Crippen molar-refractivity contribution in [3.63, 3.8) is 0 Å². The van der Waals surface area contributed by atoms with E-state index in [1.165, 1.54) is 11.3 Å². The van der Waals surface area contributed by atoms with Gasteiger partial charge in [-0.15, -0.1) is 0 Å². The molecule has 0 bridgehead atoms. The minimum Gasteiger partial charge on any atom is -0.382 e. The van der Waals surface area contributed by atoms with E-state index in [1.54, 1.807) is 0 Å². The number of rotatable bonds is 4. The summed E-state index contributed by atoms with van der Waals surface area (Å²) in [6.07, 6.45) is 0. The number of aryl methyl sites for hydroxylation is 2. The second-order valence-corrected chi connectivity index (χ2v) is 6.42. The third-order valence-corrected chi connectivity index (χ3v) is 4.43. The Morgan fingerprint density at radius 3 is 2.52 bits per heavy atom. The van der Waals surface area contributed by atoms with E-state index in [4.69, 9.17) is 5.73 Å². The third kappa shape index (κ3) is 3.40. The predicted molar refractivity (Wildman–Crippen MR) is 95.6 cm³/mol. The Morgan fingerprint density at radius 1 is 1.09 bits per heavy atom. The highest BCUT2D eigenvalue weighted by atomic mass is 32.1. The van der Waals surface area contributed by atoms with Crippen molar-refractivity contribution in [2.45, 2.75) is 13.8 Å². The van der Waals surface area contributed by atoms with Gasteiger partial charge in [0.25, 0.3) is 0 Å². The Kier molecular flexibility index (Phi) is 4.12. The van der Waals surface area contributed by atoms with Gasteiger partial charge in [0.05, 0.1) is 0 Å². The van der Waals surface area contributed by atoms with Crippen LogP contribution in [0.1, 0.15) is 26.4 Å². The van der Waals surface area contributed by atoms with E-state index >= 15 is 0 Å². The van der Waals surface area contributed by atoms with Crippen LogP contribution in [0, 0.1) is 13.8 Å². The SMILES string of the molecule is Cc1ccc(C(=O)c2sc(Nc3cccc(C)c3)nc2N)cc1. The average molecular weight is 323 g/mol. The number of aromatic nitrogens is 1. The van der Waals surface area contributed by atoms with Gasteiger partial charge >= 0.3 is 0 Å². The van der Waals surface area contributed by atoms with Crippen LogP contribution < -0.4 is 11.1 Å². The smallest absolute Gasteiger partial charge is 0.206 e. The molecule has 3 aromatic rings. The fourth-order valence-corrected chi connectivity index (χ4v) is 3.10. The molecule has 116 valence electrons. The summed E-state index contributed by atoms with van der Waals surface area (Å²) in [7, 11) is 0. The number of thiazole rings is 1. The van der Waals surface area contributed by atoms with Crippen LogP contribution in [-0.4, -0.2) is 10.8 Å². The topological polar surface area (TPSA) is 68.0 Å². The Bertz CT molecular complexity index is 853. The first kappa shape index (κ1) is 15.2. The predicted octanol–water partition coefficient (Wildman–Crippen LogP) is 4.32. The standard InChI is InChI=1S/C18H17N3OS/c1-11-6-8-13(9-7-11)15(22)16-17(19)21-18(23-16)20-14-5-3-4-12(2)10-14/h3-10H,19H2,1-2H3,(H,20,21). The molecule has 2 aromatic carbocycles. The lowest BCUT2D eigenvalue weighted by Gasteiger charge is -2.02. The van der Waals surface area contributed by atoms with Crippen LogP contribution in [-0.2, 0) is 0 Å². The van der Waals surface area contributed by atoms with Crippen molar-refractivity contribution in [3.05, 3.63) is 70.1 Å². The number of nitrogen functional groups attached to an aromatic ring is 1. The second kappa shape index (κ2) is 6.22. The number of nitrogens with one attached hydrogen (secondary N) is 1. The highest BCUT2D eigenvalue weighted by molar-refractivity contribution is 7.18. The molecule has 4 nitrogen and oxygen atoms in total. The molecule has 1 aromatic heterocycles. The van der Waals surface area contributed by atoms with Gasteiger partial charge in [-0.25, -0.2) is 4.98 Å². The fourth-order valence-electron chi connectivity index (χ4n) is 2.23. The molecule has 0 aliphatic rings. The number of nitrogens with two attached hydrogens (primary N) is 1.